The van der Waals surface area contributed by atoms with Crippen LogP contribution < -0.4 is 11.3 Å². The van der Waals surface area contributed by atoms with Crippen LogP contribution in [0.15, 0.2) is 16.8 Å². The van der Waals surface area contributed by atoms with Crippen LogP contribution in [0, 0.1) is 0 Å². The van der Waals surface area contributed by atoms with Crippen LogP contribution in [0.2, 0.25) is 0 Å². The van der Waals surface area contributed by atoms with Gasteiger partial charge in [-0.05, 0) is 41.7 Å². The second-order valence-electron chi connectivity index (χ2n) is 4.60. The number of hydrogen-bond acceptors (Lipinski definition) is 5. The fourth-order valence-electron chi connectivity index (χ4n) is 2.41. The summed E-state index contributed by atoms with van der Waals surface area (Å²) >= 11 is 6.01. The lowest BCUT2D eigenvalue weighted by Gasteiger charge is -2.35. The maximum Gasteiger partial charge on any atom is 0.0343 e. The van der Waals surface area contributed by atoms with Crippen molar-refractivity contribution in [2.45, 2.75) is 42.7 Å². The van der Waals surface area contributed by atoms with Crippen molar-refractivity contribution >= 4 is 34.9 Å². The van der Waals surface area contributed by atoms with Gasteiger partial charge in [-0.2, -0.15) is 34.9 Å². The van der Waals surface area contributed by atoms with Crippen molar-refractivity contribution in [1.29, 1.82) is 0 Å². The highest BCUT2D eigenvalue weighted by Crippen LogP contribution is 2.36. The van der Waals surface area contributed by atoms with Crippen molar-refractivity contribution in [3.63, 3.8) is 0 Å². The molecule has 0 saturated carbocycles. The molecular formula is C13H22N2S3. The average Bonchev–Trinajstić information content (AvgIpc) is 2.93. The zero-order valence-corrected chi connectivity index (χ0v) is 13.3. The lowest BCUT2D eigenvalue weighted by Crippen LogP contribution is -2.48. The van der Waals surface area contributed by atoms with E-state index in [4.69, 9.17) is 5.84 Å². The Bertz CT molecular complexity index is 329. The summed E-state index contributed by atoms with van der Waals surface area (Å²) in [7, 11) is 0. The first-order valence-corrected chi connectivity index (χ1v) is 9.59. The summed E-state index contributed by atoms with van der Waals surface area (Å²) in [6.07, 6.45) is 3.53. The number of rotatable bonds is 6. The topological polar surface area (TPSA) is 38.0 Å². The lowest BCUT2D eigenvalue weighted by atomic mass is 10.0. The van der Waals surface area contributed by atoms with Crippen LogP contribution in [0.5, 0.6) is 0 Å². The van der Waals surface area contributed by atoms with Crippen molar-refractivity contribution in [2.24, 2.45) is 5.84 Å². The highest BCUT2D eigenvalue weighted by Gasteiger charge is 2.31. The van der Waals surface area contributed by atoms with Gasteiger partial charge >= 0.3 is 0 Å². The third-order valence-electron chi connectivity index (χ3n) is 3.43. The number of hydrogen-bond donors (Lipinski definition) is 2. The van der Waals surface area contributed by atoms with Crippen molar-refractivity contribution in [3.05, 3.63) is 22.4 Å². The van der Waals surface area contributed by atoms with E-state index in [9.17, 15) is 0 Å². The van der Waals surface area contributed by atoms with Gasteiger partial charge in [0.1, 0.15) is 0 Å². The molecule has 0 aliphatic carbocycles. The molecule has 0 amide bonds. The molecule has 102 valence electrons. The maximum atomic E-state index is 5.79. The van der Waals surface area contributed by atoms with E-state index in [0.29, 0.717) is 11.3 Å². The molecule has 0 bridgehead atoms. The predicted molar refractivity (Wildman–Crippen MR) is 86.5 cm³/mol. The second-order valence-corrected chi connectivity index (χ2v) is 8.01. The van der Waals surface area contributed by atoms with E-state index in [-0.39, 0.29) is 0 Å². The first-order valence-electron chi connectivity index (χ1n) is 6.55. The van der Waals surface area contributed by atoms with E-state index in [1.807, 2.05) is 0 Å². The minimum absolute atomic E-state index is 0.438. The van der Waals surface area contributed by atoms with Gasteiger partial charge in [-0.3, -0.25) is 11.3 Å². The Balaban J connectivity index is 1.89. The Hall–Kier alpha value is 0.320. The number of nitrogens with two attached hydrogens (primary N) is 1. The van der Waals surface area contributed by atoms with Crippen molar-refractivity contribution in [3.8, 4) is 0 Å². The molecule has 0 radical (unpaired) electrons. The molecule has 1 saturated heterocycles. The minimum Gasteiger partial charge on any atom is -0.271 e. The standard InChI is InChI=1S/C13H22N2S3/c1-2-12-13(18-8-7-17-12)11(15-14)4-3-10-5-6-16-9-10/h5-6,9,11-13,15H,2-4,7-8,14H2,1H3. The first kappa shape index (κ1) is 14.7. The molecule has 2 rings (SSSR count). The molecule has 0 aromatic carbocycles. The number of thioether (sulfide) groups is 2. The van der Waals surface area contributed by atoms with Gasteiger partial charge < -0.3 is 0 Å². The third-order valence-corrected chi connectivity index (χ3v) is 7.57. The van der Waals surface area contributed by atoms with E-state index in [1.54, 1.807) is 11.3 Å². The molecule has 1 aromatic rings. The largest absolute Gasteiger partial charge is 0.271 e. The molecule has 2 heterocycles. The van der Waals surface area contributed by atoms with E-state index < -0.39 is 0 Å². The Kier molecular flexibility index (Phi) is 6.38. The fraction of sp³-hybridized carbons (Fsp3) is 0.692. The Labute approximate surface area is 122 Å². The Morgan fingerprint density at radius 3 is 2.94 bits per heavy atom. The summed E-state index contributed by atoms with van der Waals surface area (Å²) in [4.78, 5) is 0. The van der Waals surface area contributed by atoms with E-state index in [2.05, 4.69) is 52.7 Å². The van der Waals surface area contributed by atoms with Crippen molar-refractivity contribution in [1.82, 2.24) is 5.43 Å². The average molecular weight is 303 g/mol. The number of hydrazine groups is 1. The minimum atomic E-state index is 0.438. The van der Waals surface area contributed by atoms with E-state index in [1.165, 1.54) is 23.5 Å². The molecule has 3 atom stereocenters. The Morgan fingerprint density at radius 2 is 2.28 bits per heavy atom. The van der Waals surface area contributed by atoms with Gasteiger partial charge in [-0.15, -0.1) is 0 Å². The smallest absolute Gasteiger partial charge is 0.0343 e. The van der Waals surface area contributed by atoms with Crippen LogP contribution in [-0.4, -0.2) is 28.0 Å². The summed E-state index contributed by atoms with van der Waals surface area (Å²) in [5.74, 6) is 8.35. The van der Waals surface area contributed by atoms with Crippen molar-refractivity contribution < 1.29 is 0 Å². The normalized spacial score (nSPS) is 26.1. The molecule has 5 heteroatoms. The van der Waals surface area contributed by atoms with Gasteiger partial charge in [0.25, 0.3) is 0 Å². The highest BCUT2D eigenvalue weighted by molar-refractivity contribution is 8.07. The summed E-state index contributed by atoms with van der Waals surface area (Å²) < 4.78 is 0. The zero-order valence-electron chi connectivity index (χ0n) is 10.8. The predicted octanol–water partition coefficient (Wildman–Crippen LogP) is 3.14. The summed E-state index contributed by atoms with van der Waals surface area (Å²) in [6, 6.07) is 2.66. The molecule has 3 N–H and O–H groups in total. The first-order chi connectivity index (χ1) is 8.85. The molecular weight excluding hydrogens is 280 g/mol. The van der Waals surface area contributed by atoms with E-state index in [0.717, 1.165) is 18.1 Å². The monoisotopic (exact) mass is 302 g/mol. The zero-order chi connectivity index (χ0) is 12.8. The second kappa shape index (κ2) is 7.80. The van der Waals surface area contributed by atoms with Gasteiger partial charge in [-0.1, -0.05) is 6.92 Å². The molecule has 0 spiro atoms. The van der Waals surface area contributed by atoms with Gasteiger partial charge in [0.15, 0.2) is 0 Å². The Morgan fingerprint density at radius 1 is 1.44 bits per heavy atom. The van der Waals surface area contributed by atoms with Crippen LogP contribution >= 0.6 is 34.9 Å². The van der Waals surface area contributed by atoms with Crippen molar-refractivity contribution in [2.75, 3.05) is 11.5 Å². The van der Waals surface area contributed by atoms with Crippen LogP contribution in [0.25, 0.3) is 0 Å². The molecule has 2 nitrogen and oxygen atoms in total. The van der Waals surface area contributed by atoms with Gasteiger partial charge in [0.2, 0.25) is 0 Å². The number of nitrogens with one attached hydrogen (secondary N) is 1. The number of thiophene rings is 1. The van der Waals surface area contributed by atoms with Gasteiger partial charge in [-0.25, -0.2) is 0 Å². The molecule has 1 aromatic heterocycles. The highest BCUT2D eigenvalue weighted by atomic mass is 32.2. The van der Waals surface area contributed by atoms with Crippen LogP contribution in [-0.2, 0) is 6.42 Å². The fourth-order valence-corrected chi connectivity index (χ4v) is 6.40. The summed E-state index contributed by atoms with van der Waals surface area (Å²) in [5.41, 5.74) is 4.51. The lowest BCUT2D eigenvalue weighted by molar-refractivity contribution is 0.464. The molecule has 1 aliphatic rings. The quantitative estimate of drug-likeness (QED) is 0.625. The SMILES string of the molecule is CCC1SCCSC1C(CCc1ccsc1)NN. The maximum absolute atomic E-state index is 5.79. The van der Waals surface area contributed by atoms with E-state index >= 15 is 0 Å². The summed E-state index contributed by atoms with van der Waals surface area (Å²) in [5, 5.41) is 5.82. The van der Waals surface area contributed by atoms with Crippen LogP contribution in [0.4, 0.5) is 0 Å². The number of aryl methyl sites for hydroxylation is 1. The third kappa shape index (κ3) is 3.90. The summed E-state index contributed by atoms with van der Waals surface area (Å²) in [6.45, 7) is 2.29. The molecule has 1 fully saturated rings. The van der Waals surface area contributed by atoms with Gasteiger partial charge in [0.05, 0.1) is 0 Å². The van der Waals surface area contributed by atoms with Gasteiger partial charge in [0, 0.05) is 28.0 Å². The van der Waals surface area contributed by atoms with Crippen LogP contribution in [0.3, 0.4) is 0 Å². The molecule has 1 aliphatic heterocycles. The molecule has 3 unspecified atom stereocenters. The van der Waals surface area contributed by atoms with Crippen LogP contribution in [0.1, 0.15) is 25.3 Å². The molecule has 18 heavy (non-hydrogen) atoms.